The van der Waals surface area contributed by atoms with E-state index in [-0.39, 0.29) is 24.3 Å². The first-order chi connectivity index (χ1) is 8.99. The van der Waals surface area contributed by atoms with Gasteiger partial charge >= 0.3 is 0 Å². The summed E-state index contributed by atoms with van der Waals surface area (Å²) in [5.41, 5.74) is 8.23. The number of nitrogens with two attached hydrogens (primary N) is 1. The second-order valence-corrected chi connectivity index (χ2v) is 5.27. The van der Waals surface area contributed by atoms with Gasteiger partial charge in [-0.05, 0) is 38.8 Å². The Kier molecular flexibility index (Phi) is 4.00. The Labute approximate surface area is 113 Å². The number of hydrogen-bond donors (Lipinski definition) is 1. The highest BCUT2D eigenvalue weighted by Gasteiger charge is 2.30. The summed E-state index contributed by atoms with van der Waals surface area (Å²) in [6.45, 7) is 4.99. The number of ketones is 1. The van der Waals surface area contributed by atoms with E-state index in [0.717, 1.165) is 36.1 Å². The second-order valence-electron chi connectivity index (χ2n) is 5.27. The van der Waals surface area contributed by atoms with Crippen molar-refractivity contribution in [2.75, 3.05) is 13.1 Å². The lowest BCUT2D eigenvalue weighted by molar-refractivity contribution is -0.122. The van der Waals surface area contributed by atoms with Gasteiger partial charge in [-0.25, -0.2) is 0 Å². The summed E-state index contributed by atoms with van der Waals surface area (Å²) in [4.78, 5) is 25.5. The third-order valence-corrected chi connectivity index (χ3v) is 3.72. The lowest BCUT2D eigenvalue weighted by Gasteiger charge is -2.21. The molecule has 1 atom stereocenters. The van der Waals surface area contributed by atoms with Gasteiger partial charge in [-0.1, -0.05) is 23.8 Å². The van der Waals surface area contributed by atoms with Gasteiger partial charge in [-0.15, -0.1) is 0 Å². The molecule has 0 radical (unpaired) electrons. The van der Waals surface area contributed by atoms with Crippen molar-refractivity contribution in [2.45, 2.75) is 32.7 Å². The molecule has 19 heavy (non-hydrogen) atoms. The summed E-state index contributed by atoms with van der Waals surface area (Å²) in [6, 6.07) is 5.52. The minimum atomic E-state index is -0.328. The van der Waals surface area contributed by atoms with E-state index >= 15 is 0 Å². The predicted molar refractivity (Wildman–Crippen MR) is 74.0 cm³/mol. The minimum Gasteiger partial charge on any atom is -0.368 e. The van der Waals surface area contributed by atoms with Gasteiger partial charge in [0, 0.05) is 5.56 Å². The zero-order valence-electron chi connectivity index (χ0n) is 11.5. The van der Waals surface area contributed by atoms with Gasteiger partial charge in [0.2, 0.25) is 5.91 Å². The van der Waals surface area contributed by atoms with Crippen LogP contribution in [0.1, 0.15) is 34.3 Å². The summed E-state index contributed by atoms with van der Waals surface area (Å²) >= 11 is 0. The summed E-state index contributed by atoms with van der Waals surface area (Å²) in [7, 11) is 0. The fraction of sp³-hybridized carbons (Fsp3) is 0.467. The van der Waals surface area contributed by atoms with Crippen molar-refractivity contribution in [3.05, 3.63) is 34.9 Å². The van der Waals surface area contributed by atoms with Crippen LogP contribution in [0.5, 0.6) is 0 Å². The van der Waals surface area contributed by atoms with Gasteiger partial charge in [-0.2, -0.15) is 0 Å². The van der Waals surface area contributed by atoms with Gasteiger partial charge in [0.1, 0.15) is 0 Å². The Morgan fingerprint density at radius 2 is 2.11 bits per heavy atom. The molecule has 102 valence electrons. The molecule has 1 amide bonds. The summed E-state index contributed by atoms with van der Waals surface area (Å²) in [6.07, 6.45) is 1.68. The number of rotatable bonds is 4. The molecule has 1 heterocycles. The van der Waals surface area contributed by atoms with Crippen molar-refractivity contribution in [2.24, 2.45) is 5.73 Å². The molecule has 4 heteroatoms. The van der Waals surface area contributed by atoms with Gasteiger partial charge < -0.3 is 5.73 Å². The van der Waals surface area contributed by atoms with Crippen LogP contribution in [0.3, 0.4) is 0 Å². The van der Waals surface area contributed by atoms with E-state index in [0.29, 0.717) is 0 Å². The van der Waals surface area contributed by atoms with Crippen molar-refractivity contribution in [1.82, 2.24) is 4.90 Å². The summed E-state index contributed by atoms with van der Waals surface area (Å²) in [5, 5.41) is 0. The first-order valence-corrected chi connectivity index (χ1v) is 6.63. The number of amides is 1. The van der Waals surface area contributed by atoms with Gasteiger partial charge in [0.15, 0.2) is 5.78 Å². The number of likely N-dealkylation sites (tertiary alicyclic amines) is 1. The Bertz CT molecular complexity index is 511. The molecule has 1 fully saturated rings. The highest BCUT2D eigenvalue weighted by Crippen LogP contribution is 2.18. The second kappa shape index (κ2) is 5.53. The molecule has 0 bridgehead atoms. The molecule has 1 aliphatic heterocycles. The number of hydrogen-bond acceptors (Lipinski definition) is 3. The SMILES string of the molecule is Cc1ccc(C(=O)CN2CCCC2C(N)=O)c(C)c1. The summed E-state index contributed by atoms with van der Waals surface area (Å²) < 4.78 is 0. The Morgan fingerprint density at radius 1 is 1.37 bits per heavy atom. The highest BCUT2D eigenvalue weighted by molar-refractivity contribution is 5.99. The third-order valence-electron chi connectivity index (χ3n) is 3.72. The van der Waals surface area contributed by atoms with E-state index in [1.54, 1.807) is 0 Å². The number of aryl methyl sites for hydroxylation is 2. The van der Waals surface area contributed by atoms with Crippen LogP contribution in [0.4, 0.5) is 0 Å². The quantitative estimate of drug-likeness (QED) is 0.833. The smallest absolute Gasteiger partial charge is 0.234 e. The first-order valence-electron chi connectivity index (χ1n) is 6.63. The average molecular weight is 260 g/mol. The maximum absolute atomic E-state index is 12.3. The standard InChI is InChI=1S/C15H20N2O2/c1-10-5-6-12(11(2)8-10)14(18)9-17-7-3-4-13(17)15(16)19/h5-6,8,13H,3-4,7,9H2,1-2H3,(H2,16,19). The van der Waals surface area contributed by atoms with Crippen LogP contribution in [0.2, 0.25) is 0 Å². The van der Waals surface area contributed by atoms with E-state index in [1.807, 2.05) is 36.9 Å². The number of carbonyl (C=O) groups excluding carboxylic acids is 2. The van der Waals surface area contributed by atoms with Crippen molar-refractivity contribution < 1.29 is 9.59 Å². The topological polar surface area (TPSA) is 63.4 Å². The molecule has 1 saturated heterocycles. The largest absolute Gasteiger partial charge is 0.368 e. The number of Topliss-reactive ketones (excluding diaryl/α,β-unsaturated/α-hetero) is 1. The maximum Gasteiger partial charge on any atom is 0.234 e. The van der Waals surface area contributed by atoms with Crippen LogP contribution in [0, 0.1) is 13.8 Å². The molecule has 1 aliphatic rings. The molecule has 1 aromatic rings. The molecular formula is C15H20N2O2. The summed E-state index contributed by atoms with van der Waals surface area (Å²) in [5.74, 6) is -0.267. The monoisotopic (exact) mass is 260 g/mol. The van der Waals surface area contributed by atoms with E-state index in [1.165, 1.54) is 0 Å². The zero-order valence-corrected chi connectivity index (χ0v) is 11.5. The number of benzene rings is 1. The lowest BCUT2D eigenvalue weighted by atomic mass is 10.0. The van der Waals surface area contributed by atoms with Gasteiger partial charge in [0.25, 0.3) is 0 Å². The van der Waals surface area contributed by atoms with Crippen molar-refractivity contribution in [1.29, 1.82) is 0 Å². The molecule has 0 aromatic heterocycles. The molecule has 2 N–H and O–H groups in total. The Balaban J connectivity index is 2.10. The molecule has 0 spiro atoms. The molecule has 1 aromatic carbocycles. The normalized spacial score (nSPS) is 19.6. The van der Waals surface area contributed by atoms with Crippen LogP contribution in [-0.4, -0.2) is 35.7 Å². The fourth-order valence-electron chi connectivity index (χ4n) is 2.73. The van der Waals surface area contributed by atoms with E-state index in [2.05, 4.69) is 0 Å². The third kappa shape index (κ3) is 3.01. The first kappa shape index (κ1) is 13.7. The molecule has 0 aliphatic carbocycles. The molecule has 1 unspecified atom stereocenters. The molecule has 2 rings (SSSR count). The lowest BCUT2D eigenvalue weighted by Crippen LogP contribution is -2.42. The molecular weight excluding hydrogens is 240 g/mol. The van der Waals surface area contributed by atoms with Crippen LogP contribution in [0.25, 0.3) is 0 Å². The van der Waals surface area contributed by atoms with E-state index in [9.17, 15) is 9.59 Å². The number of nitrogens with zero attached hydrogens (tertiary/aromatic N) is 1. The highest BCUT2D eigenvalue weighted by atomic mass is 16.1. The molecule has 4 nitrogen and oxygen atoms in total. The van der Waals surface area contributed by atoms with Crippen LogP contribution >= 0.6 is 0 Å². The Morgan fingerprint density at radius 3 is 2.74 bits per heavy atom. The fourth-order valence-corrected chi connectivity index (χ4v) is 2.73. The Hall–Kier alpha value is -1.68. The minimum absolute atomic E-state index is 0.0608. The average Bonchev–Trinajstić information content (AvgIpc) is 2.76. The van der Waals surface area contributed by atoms with Crippen molar-refractivity contribution in [3.63, 3.8) is 0 Å². The zero-order chi connectivity index (χ0) is 14.0. The van der Waals surface area contributed by atoms with E-state index < -0.39 is 0 Å². The van der Waals surface area contributed by atoms with Crippen LogP contribution < -0.4 is 5.73 Å². The van der Waals surface area contributed by atoms with Gasteiger partial charge in [-0.3, -0.25) is 14.5 Å². The maximum atomic E-state index is 12.3. The van der Waals surface area contributed by atoms with Crippen LogP contribution in [-0.2, 0) is 4.79 Å². The predicted octanol–water partition coefficient (Wildman–Crippen LogP) is 1.44. The van der Waals surface area contributed by atoms with Gasteiger partial charge in [0.05, 0.1) is 12.6 Å². The number of carbonyl (C=O) groups is 2. The molecule has 0 saturated carbocycles. The number of primary amides is 1. The van der Waals surface area contributed by atoms with E-state index in [4.69, 9.17) is 5.73 Å². The van der Waals surface area contributed by atoms with Crippen molar-refractivity contribution >= 4 is 11.7 Å². The van der Waals surface area contributed by atoms with Crippen LogP contribution in [0.15, 0.2) is 18.2 Å². The van der Waals surface area contributed by atoms with Crippen molar-refractivity contribution in [3.8, 4) is 0 Å².